The summed E-state index contributed by atoms with van der Waals surface area (Å²) in [7, 11) is 0. The van der Waals surface area contributed by atoms with Crippen LogP contribution in [0.5, 0.6) is 0 Å². The summed E-state index contributed by atoms with van der Waals surface area (Å²) in [6, 6.07) is 8.70. The highest BCUT2D eigenvalue weighted by Gasteiger charge is 2.34. The fraction of sp³-hybridized carbons (Fsp3) is 0.500. The number of amides is 1. The predicted octanol–water partition coefficient (Wildman–Crippen LogP) is 2.50. The summed E-state index contributed by atoms with van der Waals surface area (Å²) in [6.45, 7) is 2.00. The van der Waals surface area contributed by atoms with Gasteiger partial charge in [0, 0.05) is 23.1 Å². The van der Waals surface area contributed by atoms with Gasteiger partial charge in [-0.1, -0.05) is 29.8 Å². The molecule has 3 heterocycles. The molecule has 2 aliphatic heterocycles. The van der Waals surface area contributed by atoms with Crippen molar-refractivity contribution in [3.8, 4) is 5.69 Å². The van der Waals surface area contributed by atoms with Crippen molar-refractivity contribution >= 4 is 17.5 Å². The quantitative estimate of drug-likeness (QED) is 0.879. The van der Waals surface area contributed by atoms with Crippen molar-refractivity contribution in [2.45, 2.75) is 57.2 Å². The van der Waals surface area contributed by atoms with Crippen LogP contribution in [-0.2, 0) is 6.42 Å². The van der Waals surface area contributed by atoms with Gasteiger partial charge in [-0.05, 0) is 50.3 Å². The molecule has 2 aliphatic rings. The van der Waals surface area contributed by atoms with Crippen LogP contribution in [0.2, 0.25) is 5.02 Å². The number of hydrogen-bond acceptors (Lipinski definition) is 4. The molecule has 7 heteroatoms. The highest BCUT2D eigenvalue weighted by atomic mass is 35.5. The largest absolute Gasteiger partial charge is 0.348 e. The number of rotatable bonds is 4. The Bertz CT molecular complexity index is 778. The van der Waals surface area contributed by atoms with E-state index in [1.54, 1.807) is 4.68 Å². The van der Waals surface area contributed by atoms with Gasteiger partial charge in [0.05, 0.1) is 11.4 Å². The van der Waals surface area contributed by atoms with Crippen molar-refractivity contribution in [2.75, 3.05) is 0 Å². The van der Waals surface area contributed by atoms with Crippen LogP contribution in [0.4, 0.5) is 0 Å². The predicted molar refractivity (Wildman–Crippen MR) is 96.2 cm³/mol. The van der Waals surface area contributed by atoms with E-state index in [0.29, 0.717) is 29.2 Å². The lowest BCUT2D eigenvalue weighted by atomic mass is 9.99. The Balaban J connectivity index is 1.55. The van der Waals surface area contributed by atoms with E-state index in [0.717, 1.165) is 24.2 Å². The lowest BCUT2D eigenvalue weighted by molar-refractivity contribution is 0.0918. The Hall–Kier alpha value is -1.92. The first-order valence-corrected chi connectivity index (χ1v) is 9.29. The highest BCUT2D eigenvalue weighted by Crippen LogP contribution is 2.27. The van der Waals surface area contributed by atoms with E-state index in [1.807, 2.05) is 31.2 Å². The average molecular weight is 360 g/mol. The van der Waals surface area contributed by atoms with Gasteiger partial charge in [0.1, 0.15) is 0 Å². The molecule has 0 saturated carbocycles. The minimum atomic E-state index is -0.128. The van der Waals surface area contributed by atoms with Gasteiger partial charge < -0.3 is 10.6 Å². The highest BCUT2D eigenvalue weighted by molar-refractivity contribution is 6.30. The fourth-order valence-corrected chi connectivity index (χ4v) is 4.22. The van der Waals surface area contributed by atoms with Gasteiger partial charge in [0.2, 0.25) is 0 Å². The van der Waals surface area contributed by atoms with Crippen LogP contribution in [0.3, 0.4) is 0 Å². The number of nitrogens with one attached hydrogen (secondary N) is 2. The molecule has 0 aliphatic carbocycles. The summed E-state index contributed by atoms with van der Waals surface area (Å²) in [5.74, 6) is -0.128. The van der Waals surface area contributed by atoms with E-state index >= 15 is 0 Å². The van der Waals surface area contributed by atoms with Gasteiger partial charge in [0.25, 0.3) is 5.91 Å². The third-order valence-electron chi connectivity index (χ3n) is 5.17. The number of fused-ring (bicyclic) bond motifs is 2. The molecule has 1 amide bonds. The maximum absolute atomic E-state index is 12.8. The molecule has 132 valence electrons. The van der Waals surface area contributed by atoms with Gasteiger partial charge in [-0.25, -0.2) is 4.68 Å². The molecule has 0 radical (unpaired) electrons. The summed E-state index contributed by atoms with van der Waals surface area (Å²) in [5.41, 5.74) is 2.03. The van der Waals surface area contributed by atoms with E-state index in [4.69, 9.17) is 11.6 Å². The first kappa shape index (κ1) is 16.5. The van der Waals surface area contributed by atoms with Crippen molar-refractivity contribution < 1.29 is 4.79 Å². The zero-order valence-electron chi connectivity index (χ0n) is 14.2. The first-order chi connectivity index (χ1) is 12.1. The summed E-state index contributed by atoms with van der Waals surface area (Å²) in [4.78, 5) is 12.8. The normalized spacial score (nSPS) is 25.1. The second kappa shape index (κ2) is 6.77. The van der Waals surface area contributed by atoms with E-state index < -0.39 is 0 Å². The van der Waals surface area contributed by atoms with Crippen LogP contribution < -0.4 is 10.6 Å². The lowest BCUT2D eigenvalue weighted by Gasteiger charge is -2.29. The Labute approximate surface area is 151 Å². The van der Waals surface area contributed by atoms with Gasteiger partial charge in [-0.3, -0.25) is 4.79 Å². The zero-order valence-corrected chi connectivity index (χ0v) is 15.0. The number of aromatic nitrogens is 3. The van der Waals surface area contributed by atoms with Crippen molar-refractivity contribution in [2.24, 2.45) is 0 Å². The van der Waals surface area contributed by atoms with Crippen molar-refractivity contribution in [1.82, 2.24) is 25.6 Å². The number of hydrogen-bond donors (Lipinski definition) is 2. The van der Waals surface area contributed by atoms with Gasteiger partial charge in [0.15, 0.2) is 5.69 Å². The second-order valence-electron chi connectivity index (χ2n) is 6.91. The molecule has 2 N–H and O–H groups in total. The van der Waals surface area contributed by atoms with Gasteiger partial charge in [-0.15, -0.1) is 5.10 Å². The zero-order chi connectivity index (χ0) is 17.4. The molecule has 25 heavy (non-hydrogen) atoms. The topological polar surface area (TPSA) is 71.8 Å². The monoisotopic (exact) mass is 359 g/mol. The standard InChI is InChI=1S/C18H22ClN5O/c1-2-16-17(22-23-24(16)15-5-3-4-11(19)8-15)18(25)21-14-9-12-6-7-13(10-14)20-12/h3-5,8,12-14,20H,2,6-7,9-10H2,1H3,(H,21,25). The average Bonchev–Trinajstić information content (AvgIpc) is 3.17. The molecule has 0 spiro atoms. The smallest absolute Gasteiger partial charge is 0.273 e. The number of benzene rings is 1. The second-order valence-corrected chi connectivity index (χ2v) is 7.35. The van der Waals surface area contributed by atoms with E-state index in [2.05, 4.69) is 20.9 Å². The third-order valence-corrected chi connectivity index (χ3v) is 5.41. The molecule has 2 aromatic rings. The van der Waals surface area contributed by atoms with Crippen LogP contribution >= 0.6 is 11.6 Å². The SMILES string of the molecule is CCc1c(C(=O)NC2CC3CCC(C2)N3)nnn1-c1cccc(Cl)c1. The fourth-order valence-electron chi connectivity index (χ4n) is 4.04. The Morgan fingerprint density at radius 3 is 2.80 bits per heavy atom. The van der Waals surface area contributed by atoms with Crippen molar-refractivity contribution in [3.63, 3.8) is 0 Å². The minimum Gasteiger partial charge on any atom is -0.348 e. The maximum Gasteiger partial charge on any atom is 0.273 e. The molecule has 2 fully saturated rings. The molecule has 1 aromatic heterocycles. The first-order valence-electron chi connectivity index (χ1n) is 8.91. The van der Waals surface area contributed by atoms with E-state index in [1.165, 1.54) is 12.8 Å². The van der Waals surface area contributed by atoms with Gasteiger partial charge in [-0.2, -0.15) is 0 Å². The molecule has 2 unspecified atom stereocenters. The number of carbonyl (C=O) groups excluding carboxylic acids is 1. The molecule has 1 aromatic carbocycles. The molecule has 6 nitrogen and oxygen atoms in total. The number of nitrogens with zero attached hydrogens (tertiary/aromatic N) is 3. The molecule has 2 saturated heterocycles. The van der Waals surface area contributed by atoms with Crippen LogP contribution in [0, 0.1) is 0 Å². The molecular formula is C18H22ClN5O. The van der Waals surface area contributed by atoms with Crippen molar-refractivity contribution in [1.29, 1.82) is 0 Å². The van der Waals surface area contributed by atoms with Gasteiger partial charge >= 0.3 is 0 Å². The van der Waals surface area contributed by atoms with Crippen LogP contribution in [0.25, 0.3) is 5.69 Å². The molecule has 4 rings (SSSR count). The van der Waals surface area contributed by atoms with Crippen LogP contribution in [-0.4, -0.2) is 39.0 Å². The summed E-state index contributed by atoms with van der Waals surface area (Å²) < 4.78 is 1.70. The number of halogens is 1. The molecular weight excluding hydrogens is 338 g/mol. The van der Waals surface area contributed by atoms with E-state index in [9.17, 15) is 4.79 Å². The number of piperidine rings is 1. The molecule has 2 bridgehead atoms. The third kappa shape index (κ3) is 3.28. The number of carbonyl (C=O) groups is 1. The summed E-state index contributed by atoms with van der Waals surface area (Å²) in [5, 5.41) is 15.7. The van der Waals surface area contributed by atoms with Crippen LogP contribution in [0.1, 0.15) is 48.8 Å². The Morgan fingerprint density at radius 2 is 2.12 bits per heavy atom. The maximum atomic E-state index is 12.8. The lowest BCUT2D eigenvalue weighted by Crippen LogP contribution is -2.48. The summed E-state index contributed by atoms with van der Waals surface area (Å²) in [6.07, 6.45) is 5.07. The molecule has 2 atom stereocenters. The Kier molecular flexibility index (Phi) is 4.48. The summed E-state index contributed by atoms with van der Waals surface area (Å²) >= 11 is 6.07. The van der Waals surface area contributed by atoms with E-state index in [-0.39, 0.29) is 11.9 Å². The van der Waals surface area contributed by atoms with Crippen LogP contribution in [0.15, 0.2) is 24.3 Å². The van der Waals surface area contributed by atoms with Crippen molar-refractivity contribution in [3.05, 3.63) is 40.7 Å². The minimum absolute atomic E-state index is 0.128. The Morgan fingerprint density at radius 1 is 1.36 bits per heavy atom.